The fourth-order valence-corrected chi connectivity index (χ4v) is 3.29. The Kier molecular flexibility index (Phi) is 5.43. The zero-order valence-electron chi connectivity index (χ0n) is 15.3. The second-order valence-electron chi connectivity index (χ2n) is 6.77. The van der Waals surface area contributed by atoms with Crippen LogP contribution in [-0.4, -0.2) is 41.3 Å². The van der Waals surface area contributed by atoms with Crippen LogP contribution in [0.15, 0.2) is 24.3 Å². The number of carbonyl (C=O) groups excluding carboxylic acids is 1. The summed E-state index contributed by atoms with van der Waals surface area (Å²) in [6.45, 7) is 0.448. The van der Waals surface area contributed by atoms with Crippen LogP contribution in [0.5, 0.6) is 5.75 Å². The Labute approximate surface area is 155 Å². The minimum absolute atomic E-state index is 0.107. The minimum Gasteiger partial charge on any atom is -0.492 e. The fourth-order valence-electron chi connectivity index (χ4n) is 3.29. The summed E-state index contributed by atoms with van der Waals surface area (Å²) in [5.74, 6) is 0.451. The van der Waals surface area contributed by atoms with Crippen molar-refractivity contribution in [1.82, 2.24) is 14.7 Å². The van der Waals surface area contributed by atoms with Crippen molar-refractivity contribution in [3.63, 3.8) is 0 Å². The number of fused-ring (bicyclic) bond motifs is 1. The lowest BCUT2D eigenvalue weighted by Crippen LogP contribution is -2.21. The smallest absolute Gasteiger partial charge is 0.435 e. The Balaban J connectivity index is 1.66. The molecule has 1 aromatic carbocycles. The number of alkyl halides is 3. The molecular weight excluding hydrogens is 359 g/mol. The number of hydrogen-bond acceptors (Lipinski definition) is 3. The van der Waals surface area contributed by atoms with E-state index in [4.69, 9.17) is 4.74 Å². The van der Waals surface area contributed by atoms with Gasteiger partial charge in [-0.3, -0.25) is 9.48 Å². The third kappa shape index (κ3) is 4.26. The molecule has 0 N–H and O–H groups in total. The van der Waals surface area contributed by atoms with Gasteiger partial charge in [-0.15, -0.1) is 0 Å². The number of rotatable bonds is 5. The van der Waals surface area contributed by atoms with E-state index >= 15 is 0 Å². The SMILES string of the molecule is CN(C)C(=O)c1ccc(OCCn2nc(C(F)(F)F)c3c2CCCC3)cc1. The third-order valence-corrected chi connectivity index (χ3v) is 4.60. The van der Waals surface area contributed by atoms with E-state index in [1.807, 2.05) is 0 Å². The van der Waals surface area contributed by atoms with E-state index in [9.17, 15) is 18.0 Å². The molecule has 1 aliphatic rings. The van der Waals surface area contributed by atoms with Crippen molar-refractivity contribution in [2.24, 2.45) is 0 Å². The maximum absolute atomic E-state index is 13.2. The van der Waals surface area contributed by atoms with Gasteiger partial charge < -0.3 is 9.64 Å². The first-order chi connectivity index (χ1) is 12.8. The molecule has 8 heteroatoms. The van der Waals surface area contributed by atoms with E-state index in [1.165, 1.54) is 9.58 Å². The fraction of sp³-hybridized carbons (Fsp3) is 0.474. The van der Waals surface area contributed by atoms with Gasteiger partial charge in [0.05, 0.1) is 6.54 Å². The summed E-state index contributed by atoms with van der Waals surface area (Å²) >= 11 is 0. The molecular formula is C19H22F3N3O2. The van der Waals surface area contributed by atoms with Crippen molar-refractivity contribution in [2.45, 2.75) is 38.4 Å². The molecule has 0 saturated heterocycles. The predicted octanol–water partition coefficient (Wildman–Crippen LogP) is 3.56. The molecule has 0 aliphatic heterocycles. The highest BCUT2D eigenvalue weighted by molar-refractivity contribution is 5.93. The number of benzene rings is 1. The van der Waals surface area contributed by atoms with Gasteiger partial charge in [0.15, 0.2) is 5.69 Å². The number of hydrogen-bond donors (Lipinski definition) is 0. The van der Waals surface area contributed by atoms with Crippen molar-refractivity contribution < 1.29 is 22.7 Å². The van der Waals surface area contributed by atoms with Gasteiger partial charge in [0.1, 0.15) is 12.4 Å². The second kappa shape index (κ2) is 7.62. The Morgan fingerprint density at radius 1 is 1.19 bits per heavy atom. The van der Waals surface area contributed by atoms with Crippen molar-refractivity contribution in [3.05, 3.63) is 46.8 Å². The standard InChI is InChI=1S/C19H22F3N3O2/c1-24(2)18(26)13-7-9-14(10-8-13)27-12-11-25-16-6-4-3-5-15(16)17(23-25)19(20,21)22/h7-10H,3-6,11-12H2,1-2H3. The van der Waals surface area contributed by atoms with Gasteiger partial charge in [-0.1, -0.05) is 0 Å². The molecule has 0 bridgehead atoms. The highest BCUT2D eigenvalue weighted by Crippen LogP contribution is 2.35. The van der Waals surface area contributed by atoms with Crippen LogP contribution < -0.4 is 4.74 Å². The van der Waals surface area contributed by atoms with E-state index in [1.54, 1.807) is 38.4 Å². The van der Waals surface area contributed by atoms with Gasteiger partial charge >= 0.3 is 6.18 Å². The van der Waals surface area contributed by atoms with Gasteiger partial charge in [-0.2, -0.15) is 18.3 Å². The lowest BCUT2D eigenvalue weighted by atomic mass is 9.95. The summed E-state index contributed by atoms with van der Waals surface area (Å²) in [6.07, 6.45) is -1.76. The quantitative estimate of drug-likeness (QED) is 0.796. The third-order valence-electron chi connectivity index (χ3n) is 4.60. The van der Waals surface area contributed by atoms with E-state index < -0.39 is 11.9 Å². The van der Waals surface area contributed by atoms with Crippen LogP contribution in [0, 0.1) is 0 Å². The molecule has 1 heterocycles. The molecule has 0 saturated carbocycles. The van der Waals surface area contributed by atoms with Crippen LogP contribution in [0.3, 0.4) is 0 Å². The lowest BCUT2D eigenvalue weighted by molar-refractivity contribution is -0.142. The molecule has 27 heavy (non-hydrogen) atoms. The molecule has 0 fully saturated rings. The minimum atomic E-state index is -4.43. The first-order valence-electron chi connectivity index (χ1n) is 8.87. The number of amides is 1. The van der Waals surface area contributed by atoms with Crippen molar-refractivity contribution >= 4 is 5.91 Å². The highest BCUT2D eigenvalue weighted by Gasteiger charge is 2.39. The van der Waals surface area contributed by atoms with Crippen LogP contribution in [-0.2, 0) is 25.6 Å². The average Bonchev–Trinajstić information content (AvgIpc) is 3.01. The van der Waals surface area contributed by atoms with Gasteiger partial charge in [0, 0.05) is 30.9 Å². The number of ether oxygens (including phenoxy) is 1. The number of carbonyl (C=O) groups is 1. The van der Waals surface area contributed by atoms with Crippen LogP contribution in [0.1, 0.15) is 40.2 Å². The highest BCUT2D eigenvalue weighted by atomic mass is 19.4. The number of nitrogens with zero attached hydrogens (tertiary/aromatic N) is 3. The molecule has 0 spiro atoms. The Bertz CT molecular complexity index is 811. The number of halogens is 3. The topological polar surface area (TPSA) is 47.4 Å². The molecule has 1 aromatic heterocycles. The summed E-state index contributed by atoms with van der Waals surface area (Å²) < 4.78 is 46.6. The van der Waals surface area contributed by atoms with Crippen molar-refractivity contribution in [3.8, 4) is 5.75 Å². The molecule has 0 radical (unpaired) electrons. The van der Waals surface area contributed by atoms with Gasteiger partial charge in [0.25, 0.3) is 5.91 Å². The van der Waals surface area contributed by atoms with E-state index in [0.717, 1.165) is 12.8 Å². The molecule has 2 aromatic rings. The molecule has 146 valence electrons. The largest absolute Gasteiger partial charge is 0.492 e. The van der Waals surface area contributed by atoms with Crippen LogP contribution in [0.25, 0.3) is 0 Å². The molecule has 0 atom stereocenters. The molecule has 5 nitrogen and oxygen atoms in total. The summed E-state index contributed by atoms with van der Waals surface area (Å²) in [7, 11) is 3.35. The molecule has 1 amide bonds. The second-order valence-corrected chi connectivity index (χ2v) is 6.77. The van der Waals surface area contributed by atoms with Gasteiger partial charge in [-0.25, -0.2) is 0 Å². The van der Waals surface area contributed by atoms with Crippen LogP contribution >= 0.6 is 0 Å². The van der Waals surface area contributed by atoms with Gasteiger partial charge in [0.2, 0.25) is 0 Å². The van der Waals surface area contributed by atoms with Crippen molar-refractivity contribution in [2.75, 3.05) is 20.7 Å². The zero-order valence-corrected chi connectivity index (χ0v) is 15.3. The predicted molar refractivity (Wildman–Crippen MR) is 93.8 cm³/mol. The summed E-state index contributed by atoms with van der Waals surface area (Å²) in [5.41, 5.74) is 0.788. The summed E-state index contributed by atoms with van der Waals surface area (Å²) in [6, 6.07) is 6.68. The van der Waals surface area contributed by atoms with E-state index in [0.29, 0.717) is 35.4 Å². The number of aromatic nitrogens is 2. The van der Waals surface area contributed by atoms with E-state index in [2.05, 4.69) is 5.10 Å². The Morgan fingerprint density at radius 3 is 2.48 bits per heavy atom. The van der Waals surface area contributed by atoms with Crippen LogP contribution in [0.2, 0.25) is 0 Å². The maximum Gasteiger partial charge on any atom is 0.435 e. The maximum atomic E-state index is 13.2. The van der Waals surface area contributed by atoms with Gasteiger partial charge in [-0.05, 0) is 49.9 Å². The zero-order chi connectivity index (χ0) is 19.6. The molecule has 1 aliphatic carbocycles. The Hall–Kier alpha value is -2.51. The Morgan fingerprint density at radius 2 is 1.85 bits per heavy atom. The van der Waals surface area contributed by atoms with Crippen LogP contribution in [0.4, 0.5) is 13.2 Å². The average molecular weight is 381 g/mol. The normalized spacial score (nSPS) is 14.0. The van der Waals surface area contributed by atoms with E-state index in [-0.39, 0.29) is 19.1 Å². The molecule has 3 rings (SSSR count). The lowest BCUT2D eigenvalue weighted by Gasteiger charge is -2.15. The van der Waals surface area contributed by atoms with Crippen molar-refractivity contribution in [1.29, 1.82) is 0 Å². The summed E-state index contributed by atoms with van der Waals surface area (Å²) in [5, 5.41) is 3.81. The monoisotopic (exact) mass is 381 g/mol. The molecule has 0 unspecified atom stereocenters. The summed E-state index contributed by atoms with van der Waals surface area (Å²) in [4.78, 5) is 13.3. The first kappa shape index (κ1) is 19.3. The first-order valence-corrected chi connectivity index (χ1v) is 8.87.